The molecule has 4 aromatic rings. The van der Waals surface area contributed by atoms with E-state index in [0.29, 0.717) is 39.4 Å². The van der Waals surface area contributed by atoms with Gasteiger partial charge in [0.15, 0.2) is 5.43 Å². The van der Waals surface area contributed by atoms with Crippen LogP contribution in [0.3, 0.4) is 0 Å². The second kappa shape index (κ2) is 5.45. The molecule has 24 heavy (non-hydrogen) atoms. The first-order chi connectivity index (χ1) is 11.7. The lowest BCUT2D eigenvalue weighted by atomic mass is 10.1. The van der Waals surface area contributed by atoms with Crippen LogP contribution >= 0.6 is 0 Å². The highest BCUT2D eigenvalue weighted by molar-refractivity contribution is 6.01. The molecule has 5 nitrogen and oxygen atoms in total. The van der Waals surface area contributed by atoms with Gasteiger partial charge in [0.1, 0.15) is 33.8 Å². The highest BCUT2D eigenvalue weighted by Crippen LogP contribution is 2.36. The zero-order chi connectivity index (χ0) is 16.7. The average Bonchev–Trinajstić information content (AvgIpc) is 3.07. The number of ether oxygens (including phenoxy) is 2. The maximum atomic E-state index is 12.7. The van der Waals surface area contributed by atoms with Gasteiger partial charge in [-0.1, -0.05) is 12.1 Å². The summed E-state index contributed by atoms with van der Waals surface area (Å²) >= 11 is 0. The minimum absolute atomic E-state index is 0.183. The molecule has 0 radical (unpaired) electrons. The van der Waals surface area contributed by atoms with Gasteiger partial charge in [0.05, 0.1) is 31.4 Å². The average molecular weight is 322 g/mol. The summed E-state index contributed by atoms with van der Waals surface area (Å²) in [6, 6.07) is 12.3. The Morgan fingerprint density at radius 1 is 0.958 bits per heavy atom. The van der Waals surface area contributed by atoms with Crippen LogP contribution in [0.1, 0.15) is 0 Å². The number of fused-ring (bicyclic) bond motifs is 2. The first-order valence-electron chi connectivity index (χ1n) is 7.38. The van der Waals surface area contributed by atoms with E-state index in [2.05, 4.69) is 0 Å². The number of hydrogen-bond acceptors (Lipinski definition) is 5. The lowest BCUT2D eigenvalue weighted by molar-refractivity contribution is 0.414. The summed E-state index contributed by atoms with van der Waals surface area (Å²) in [6.45, 7) is 0. The monoisotopic (exact) mass is 322 g/mol. The molecule has 0 saturated carbocycles. The number of methoxy groups -OCH3 is 2. The summed E-state index contributed by atoms with van der Waals surface area (Å²) in [6.07, 6.45) is 1.55. The molecule has 0 aliphatic heterocycles. The van der Waals surface area contributed by atoms with E-state index in [0.717, 1.165) is 5.39 Å². The van der Waals surface area contributed by atoms with Gasteiger partial charge in [0, 0.05) is 12.1 Å². The lowest BCUT2D eigenvalue weighted by Gasteiger charge is -2.10. The third kappa shape index (κ3) is 2.06. The molecule has 0 bridgehead atoms. The van der Waals surface area contributed by atoms with Crippen molar-refractivity contribution >= 4 is 21.9 Å². The van der Waals surface area contributed by atoms with Crippen molar-refractivity contribution in [1.82, 2.24) is 0 Å². The Balaban J connectivity index is 2.08. The van der Waals surface area contributed by atoms with E-state index < -0.39 is 0 Å². The van der Waals surface area contributed by atoms with Crippen LogP contribution in [0.25, 0.3) is 33.3 Å². The van der Waals surface area contributed by atoms with Crippen LogP contribution in [0.15, 0.2) is 62.4 Å². The molecule has 0 saturated heterocycles. The summed E-state index contributed by atoms with van der Waals surface area (Å²) in [5, 5.41) is 1.13. The van der Waals surface area contributed by atoms with E-state index in [4.69, 9.17) is 18.3 Å². The molecular formula is C19H14O5. The van der Waals surface area contributed by atoms with Gasteiger partial charge in [-0.15, -0.1) is 0 Å². The molecule has 0 fully saturated rings. The number of rotatable bonds is 3. The highest BCUT2D eigenvalue weighted by Gasteiger charge is 2.17. The van der Waals surface area contributed by atoms with E-state index in [1.54, 1.807) is 25.5 Å². The first kappa shape index (κ1) is 14.4. The van der Waals surface area contributed by atoms with Gasteiger partial charge in [-0.25, -0.2) is 0 Å². The molecule has 0 aliphatic rings. The number of para-hydroxylation sites is 1. The normalized spacial score (nSPS) is 11.1. The predicted molar refractivity (Wildman–Crippen MR) is 90.8 cm³/mol. The quantitative estimate of drug-likeness (QED) is 0.565. The predicted octanol–water partition coefficient (Wildman–Crippen LogP) is 4.22. The fraction of sp³-hybridized carbons (Fsp3) is 0.105. The van der Waals surface area contributed by atoms with Gasteiger partial charge >= 0.3 is 0 Å². The fourth-order valence-corrected chi connectivity index (χ4v) is 2.90. The molecule has 5 heteroatoms. The third-order valence-corrected chi connectivity index (χ3v) is 3.98. The van der Waals surface area contributed by atoms with Crippen molar-refractivity contribution in [2.75, 3.05) is 14.2 Å². The largest absolute Gasteiger partial charge is 0.496 e. The molecule has 0 N–H and O–H groups in total. The van der Waals surface area contributed by atoms with Gasteiger partial charge in [-0.05, 0) is 18.2 Å². The van der Waals surface area contributed by atoms with Crippen LogP contribution < -0.4 is 14.9 Å². The standard InChI is InChI=1S/C19H14O5/c1-21-14-6-4-3-5-11(14)16-9-13(20)18-17(24-16)10-15-12(7-8-23-15)19(18)22-2/h3-10H,1-2H3. The smallest absolute Gasteiger partial charge is 0.197 e. The Labute approximate surface area is 137 Å². The summed E-state index contributed by atoms with van der Waals surface area (Å²) in [5.41, 5.74) is 1.52. The molecule has 0 aliphatic carbocycles. The molecule has 2 aromatic heterocycles. The van der Waals surface area contributed by atoms with Crippen LogP contribution in [0, 0.1) is 0 Å². The molecule has 120 valence electrons. The highest BCUT2D eigenvalue weighted by atomic mass is 16.5. The third-order valence-electron chi connectivity index (χ3n) is 3.98. The second-order valence-electron chi connectivity index (χ2n) is 5.29. The fourth-order valence-electron chi connectivity index (χ4n) is 2.90. The van der Waals surface area contributed by atoms with Crippen molar-refractivity contribution in [2.24, 2.45) is 0 Å². The second-order valence-corrected chi connectivity index (χ2v) is 5.29. The Hall–Kier alpha value is -3.21. The molecule has 2 heterocycles. The summed E-state index contributed by atoms with van der Waals surface area (Å²) in [7, 11) is 3.10. The van der Waals surface area contributed by atoms with Crippen LogP contribution in [0.5, 0.6) is 11.5 Å². The van der Waals surface area contributed by atoms with E-state index in [-0.39, 0.29) is 5.43 Å². The Morgan fingerprint density at radius 3 is 2.58 bits per heavy atom. The van der Waals surface area contributed by atoms with Crippen LogP contribution in [0.4, 0.5) is 0 Å². The zero-order valence-electron chi connectivity index (χ0n) is 13.2. The Bertz CT molecular complexity index is 1100. The van der Waals surface area contributed by atoms with Crippen LogP contribution in [-0.2, 0) is 0 Å². The molecule has 0 spiro atoms. The zero-order valence-corrected chi connectivity index (χ0v) is 13.2. The molecule has 4 rings (SSSR count). The van der Waals surface area contributed by atoms with E-state index in [1.807, 2.05) is 24.3 Å². The summed E-state index contributed by atoms with van der Waals surface area (Å²) < 4.78 is 22.2. The van der Waals surface area contributed by atoms with Crippen molar-refractivity contribution in [3.05, 3.63) is 59.0 Å². The van der Waals surface area contributed by atoms with Crippen molar-refractivity contribution in [1.29, 1.82) is 0 Å². The molecule has 0 amide bonds. The van der Waals surface area contributed by atoms with Gasteiger partial charge < -0.3 is 18.3 Å². The molecule has 0 atom stereocenters. The van der Waals surface area contributed by atoms with E-state index >= 15 is 0 Å². The van der Waals surface area contributed by atoms with E-state index in [1.165, 1.54) is 13.2 Å². The van der Waals surface area contributed by atoms with Gasteiger partial charge in [0.2, 0.25) is 0 Å². The SMILES string of the molecule is COc1ccccc1-c1cc(=O)c2c(OC)c3ccoc3cc2o1. The Kier molecular flexibility index (Phi) is 3.27. The van der Waals surface area contributed by atoms with Crippen molar-refractivity contribution in [3.8, 4) is 22.8 Å². The van der Waals surface area contributed by atoms with E-state index in [9.17, 15) is 4.79 Å². The first-order valence-corrected chi connectivity index (χ1v) is 7.38. The van der Waals surface area contributed by atoms with Crippen molar-refractivity contribution in [3.63, 3.8) is 0 Å². The molecular weight excluding hydrogens is 308 g/mol. The summed E-state index contributed by atoms with van der Waals surface area (Å²) in [4.78, 5) is 12.7. The summed E-state index contributed by atoms with van der Waals surface area (Å²) in [5.74, 6) is 1.51. The van der Waals surface area contributed by atoms with Gasteiger partial charge in [-0.3, -0.25) is 4.79 Å². The van der Waals surface area contributed by atoms with Gasteiger partial charge in [-0.2, -0.15) is 0 Å². The van der Waals surface area contributed by atoms with Crippen LogP contribution in [0.2, 0.25) is 0 Å². The Morgan fingerprint density at radius 2 is 1.79 bits per heavy atom. The molecule has 2 aromatic carbocycles. The molecule has 0 unspecified atom stereocenters. The van der Waals surface area contributed by atoms with Crippen LogP contribution in [-0.4, -0.2) is 14.2 Å². The van der Waals surface area contributed by atoms with Crippen molar-refractivity contribution < 1.29 is 18.3 Å². The number of furan rings is 1. The lowest BCUT2D eigenvalue weighted by Crippen LogP contribution is -2.03. The van der Waals surface area contributed by atoms with Gasteiger partial charge in [0.25, 0.3) is 0 Å². The maximum absolute atomic E-state index is 12.7. The maximum Gasteiger partial charge on any atom is 0.197 e. The number of hydrogen-bond donors (Lipinski definition) is 0. The van der Waals surface area contributed by atoms with Crippen molar-refractivity contribution in [2.45, 2.75) is 0 Å². The number of benzene rings is 2. The topological polar surface area (TPSA) is 61.8 Å². The minimum atomic E-state index is -0.183. The minimum Gasteiger partial charge on any atom is -0.496 e.